The van der Waals surface area contributed by atoms with E-state index in [9.17, 15) is 4.79 Å². The van der Waals surface area contributed by atoms with Crippen LogP contribution in [0.15, 0.2) is 23.4 Å². The second-order valence-electron chi connectivity index (χ2n) is 3.85. The maximum atomic E-state index is 11.4. The topological polar surface area (TPSA) is 68.0 Å². The minimum Gasteiger partial charge on any atom is -0.355 e. The van der Waals surface area contributed by atoms with E-state index in [2.05, 4.69) is 10.3 Å². The average Bonchev–Trinajstić information content (AvgIpc) is 2.34. The third kappa shape index (κ3) is 5.19. The van der Waals surface area contributed by atoms with Gasteiger partial charge in [-0.05, 0) is 31.0 Å². The molecule has 1 aromatic rings. The first-order valence-electron chi connectivity index (χ1n) is 5.74. The van der Waals surface area contributed by atoms with E-state index < -0.39 is 0 Å². The van der Waals surface area contributed by atoms with Crippen LogP contribution in [0, 0.1) is 0 Å². The number of hydrogen-bond donors (Lipinski definition) is 2. The molecule has 0 saturated heterocycles. The number of carbonyl (C=O) groups excluding carboxylic acids is 1. The molecule has 1 amide bonds. The van der Waals surface area contributed by atoms with Gasteiger partial charge < -0.3 is 11.1 Å². The van der Waals surface area contributed by atoms with E-state index >= 15 is 0 Å². The molecule has 0 aliphatic rings. The number of aromatic nitrogens is 1. The molecule has 0 radical (unpaired) electrons. The zero-order valence-electron chi connectivity index (χ0n) is 10.3. The van der Waals surface area contributed by atoms with Gasteiger partial charge in [0.1, 0.15) is 0 Å². The number of amides is 1. The number of nitrogens with two attached hydrogens (primary N) is 1. The smallest absolute Gasteiger partial charge is 0.230 e. The van der Waals surface area contributed by atoms with Gasteiger partial charge in [-0.2, -0.15) is 0 Å². The van der Waals surface area contributed by atoms with Gasteiger partial charge in [0.2, 0.25) is 5.91 Å². The number of pyridine rings is 1. The summed E-state index contributed by atoms with van der Waals surface area (Å²) in [6, 6.07) is 3.82. The summed E-state index contributed by atoms with van der Waals surface area (Å²) in [6.45, 7) is 4.69. The lowest BCUT2D eigenvalue weighted by molar-refractivity contribution is -0.118. The van der Waals surface area contributed by atoms with Crippen LogP contribution < -0.4 is 11.1 Å². The van der Waals surface area contributed by atoms with Gasteiger partial charge in [-0.15, -0.1) is 0 Å². The van der Waals surface area contributed by atoms with Crippen molar-refractivity contribution in [3.05, 3.63) is 23.9 Å². The van der Waals surface area contributed by atoms with Crippen molar-refractivity contribution in [2.45, 2.75) is 31.3 Å². The van der Waals surface area contributed by atoms with Crippen LogP contribution in [-0.2, 0) is 4.79 Å². The van der Waals surface area contributed by atoms with Crippen molar-refractivity contribution in [2.75, 3.05) is 12.3 Å². The van der Waals surface area contributed by atoms with Crippen LogP contribution >= 0.6 is 11.8 Å². The van der Waals surface area contributed by atoms with E-state index in [1.54, 1.807) is 6.20 Å². The Hall–Kier alpha value is -1.07. The van der Waals surface area contributed by atoms with Crippen molar-refractivity contribution in [1.29, 1.82) is 0 Å². The van der Waals surface area contributed by atoms with E-state index in [1.807, 2.05) is 26.0 Å². The molecule has 1 aromatic heterocycles. The van der Waals surface area contributed by atoms with Crippen molar-refractivity contribution >= 4 is 17.7 Å². The molecular formula is C12H19N3OS. The van der Waals surface area contributed by atoms with Crippen LogP contribution in [0.25, 0.3) is 0 Å². The Morgan fingerprint density at radius 1 is 1.65 bits per heavy atom. The molecule has 94 valence electrons. The van der Waals surface area contributed by atoms with E-state index in [-0.39, 0.29) is 11.9 Å². The summed E-state index contributed by atoms with van der Waals surface area (Å²) in [5.74, 6) is 0.444. The second kappa shape index (κ2) is 7.29. The van der Waals surface area contributed by atoms with Crippen LogP contribution in [0.4, 0.5) is 0 Å². The lowest BCUT2D eigenvalue weighted by Crippen LogP contribution is -2.25. The van der Waals surface area contributed by atoms with Crippen LogP contribution in [-0.4, -0.2) is 23.2 Å². The second-order valence-corrected chi connectivity index (χ2v) is 4.85. The fourth-order valence-corrected chi connectivity index (χ4v) is 1.98. The van der Waals surface area contributed by atoms with Crippen molar-refractivity contribution in [2.24, 2.45) is 5.73 Å². The van der Waals surface area contributed by atoms with Gasteiger partial charge in [0.25, 0.3) is 0 Å². The molecule has 3 N–H and O–H groups in total. The average molecular weight is 253 g/mol. The minimum atomic E-state index is -0.00809. The van der Waals surface area contributed by atoms with Gasteiger partial charge in [-0.25, -0.2) is 4.98 Å². The highest BCUT2D eigenvalue weighted by Crippen LogP contribution is 2.18. The standard InChI is InChI=1S/C12H19N3OS/c1-3-5-14-11(16)8-17-12-7-10(9(2)13)4-6-15-12/h4,6-7,9H,3,5,8,13H2,1-2H3,(H,14,16). The number of nitrogens with zero attached hydrogens (tertiary/aromatic N) is 1. The highest BCUT2D eigenvalue weighted by Gasteiger charge is 2.05. The molecule has 17 heavy (non-hydrogen) atoms. The third-order valence-electron chi connectivity index (χ3n) is 2.21. The molecule has 0 aliphatic heterocycles. The summed E-state index contributed by atoms with van der Waals surface area (Å²) in [6.07, 6.45) is 2.68. The predicted molar refractivity (Wildman–Crippen MR) is 70.9 cm³/mol. The normalized spacial score (nSPS) is 12.2. The fraction of sp³-hybridized carbons (Fsp3) is 0.500. The van der Waals surface area contributed by atoms with Gasteiger partial charge >= 0.3 is 0 Å². The molecule has 5 heteroatoms. The summed E-state index contributed by atoms with van der Waals surface area (Å²) in [4.78, 5) is 15.6. The molecule has 0 aromatic carbocycles. The number of hydrogen-bond acceptors (Lipinski definition) is 4. The Kier molecular flexibility index (Phi) is 6.00. The Morgan fingerprint density at radius 3 is 3.06 bits per heavy atom. The van der Waals surface area contributed by atoms with Gasteiger partial charge in [-0.3, -0.25) is 4.79 Å². The molecule has 1 unspecified atom stereocenters. The predicted octanol–water partition coefficient (Wildman–Crippen LogP) is 1.72. The molecule has 0 fully saturated rings. The number of thioether (sulfide) groups is 1. The first-order chi connectivity index (χ1) is 8.13. The van der Waals surface area contributed by atoms with E-state index in [0.717, 1.165) is 23.6 Å². The van der Waals surface area contributed by atoms with E-state index in [1.165, 1.54) is 11.8 Å². The molecule has 0 saturated carbocycles. The Balaban J connectivity index is 2.46. The van der Waals surface area contributed by atoms with Crippen LogP contribution in [0.2, 0.25) is 0 Å². The van der Waals surface area contributed by atoms with Gasteiger partial charge in [0.15, 0.2) is 0 Å². The van der Waals surface area contributed by atoms with E-state index in [0.29, 0.717) is 5.75 Å². The Bertz CT molecular complexity index is 369. The van der Waals surface area contributed by atoms with Gasteiger partial charge in [0, 0.05) is 18.8 Å². The number of rotatable bonds is 6. The summed E-state index contributed by atoms with van der Waals surface area (Å²) in [5.41, 5.74) is 6.83. The number of carbonyl (C=O) groups is 1. The molecule has 1 rings (SSSR count). The van der Waals surface area contributed by atoms with Gasteiger partial charge in [0.05, 0.1) is 10.8 Å². The third-order valence-corrected chi connectivity index (χ3v) is 3.13. The van der Waals surface area contributed by atoms with Crippen LogP contribution in [0.1, 0.15) is 31.9 Å². The molecule has 4 nitrogen and oxygen atoms in total. The molecular weight excluding hydrogens is 234 g/mol. The highest BCUT2D eigenvalue weighted by molar-refractivity contribution is 7.99. The Morgan fingerprint density at radius 2 is 2.41 bits per heavy atom. The molecule has 1 heterocycles. The van der Waals surface area contributed by atoms with Crippen molar-refractivity contribution in [3.8, 4) is 0 Å². The van der Waals surface area contributed by atoms with E-state index in [4.69, 9.17) is 5.73 Å². The largest absolute Gasteiger partial charge is 0.355 e. The maximum Gasteiger partial charge on any atom is 0.230 e. The summed E-state index contributed by atoms with van der Waals surface area (Å²) < 4.78 is 0. The zero-order chi connectivity index (χ0) is 12.7. The lowest BCUT2D eigenvalue weighted by atomic mass is 10.1. The molecule has 0 aliphatic carbocycles. The Labute approximate surface area is 106 Å². The SMILES string of the molecule is CCCNC(=O)CSc1cc(C(C)N)ccn1. The number of nitrogens with one attached hydrogen (secondary N) is 1. The fourth-order valence-electron chi connectivity index (χ4n) is 1.24. The zero-order valence-corrected chi connectivity index (χ0v) is 11.1. The van der Waals surface area contributed by atoms with Gasteiger partial charge in [-0.1, -0.05) is 18.7 Å². The quantitative estimate of drug-likeness (QED) is 0.757. The van der Waals surface area contributed by atoms with Crippen LogP contribution in [0.5, 0.6) is 0 Å². The molecule has 1 atom stereocenters. The molecule has 0 bridgehead atoms. The van der Waals surface area contributed by atoms with Crippen molar-refractivity contribution in [1.82, 2.24) is 10.3 Å². The molecule has 0 spiro atoms. The summed E-state index contributed by atoms with van der Waals surface area (Å²) in [7, 11) is 0. The lowest BCUT2D eigenvalue weighted by Gasteiger charge is -2.07. The maximum absolute atomic E-state index is 11.4. The van der Waals surface area contributed by atoms with Crippen LogP contribution in [0.3, 0.4) is 0 Å². The monoisotopic (exact) mass is 253 g/mol. The van der Waals surface area contributed by atoms with Crippen molar-refractivity contribution < 1.29 is 4.79 Å². The first kappa shape index (κ1) is 14.0. The summed E-state index contributed by atoms with van der Waals surface area (Å²) in [5, 5.41) is 3.67. The highest BCUT2D eigenvalue weighted by atomic mass is 32.2. The van der Waals surface area contributed by atoms with Crippen molar-refractivity contribution in [3.63, 3.8) is 0 Å². The first-order valence-corrected chi connectivity index (χ1v) is 6.73. The minimum absolute atomic E-state index is 0.00809. The summed E-state index contributed by atoms with van der Waals surface area (Å²) >= 11 is 1.43.